The summed E-state index contributed by atoms with van der Waals surface area (Å²) >= 11 is 0. The van der Waals surface area contributed by atoms with E-state index in [4.69, 9.17) is 12.2 Å². The number of nitrogens with two attached hydrogens (primary N) is 1. The molecule has 1 rings (SSSR count). The highest BCUT2D eigenvalue weighted by molar-refractivity contribution is 5.82. The fourth-order valence-electron chi connectivity index (χ4n) is 1.56. The van der Waals surface area contributed by atoms with E-state index in [1.807, 2.05) is 4.90 Å². The van der Waals surface area contributed by atoms with Crippen LogP contribution in [-0.4, -0.2) is 29.9 Å². The monoisotopic (exact) mass is 180 g/mol. The lowest BCUT2D eigenvalue weighted by Crippen LogP contribution is -2.48. The van der Waals surface area contributed by atoms with Gasteiger partial charge in [0.15, 0.2) is 0 Å². The third kappa shape index (κ3) is 2.74. The zero-order valence-corrected chi connectivity index (χ0v) is 7.83. The van der Waals surface area contributed by atoms with Crippen LogP contribution < -0.4 is 5.73 Å². The molecule has 0 aromatic rings. The number of piperidine rings is 1. The van der Waals surface area contributed by atoms with Crippen molar-refractivity contribution in [2.75, 3.05) is 13.1 Å². The largest absolute Gasteiger partial charge is 0.341 e. The van der Waals surface area contributed by atoms with Crippen LogP contribution >= 0.6 is 0 Å². The van der Waals surface area contributed by atoms with Crippen LogP contribution in [0.1, 0.15) is 25.7 Å². The molecule has 13 heavy (non-hydrogen) atoms. The number of rotatable bonds is 3. The first-order valence-corrected chi connectivity index (χ1v) is 4.73. The molecule has 0 radical (unpaired) electrons. The van der Waals surface area contributed by atoms with Gasteiger partial charge in [0.25, 0.3) is 0 Å². The summed E-state index contributed by atoms with van der Waals surface area (Å²) in [4.78, 5) is 13.3. The summed E-state index contributed by atoms with van der Waals surface area (Å²) in [5.41, 5.74) is 5.64. The molecule has 3 nitrogen and oxygen atoms in total. The summed E-state index contributed by atoms with van der Waals surface area (Å²) in [6.07, 6.45) is 8.59. The first-order valence-electron chi connectivity index (χ1n) is 4.73. The van der Waals surface area contributed by atoms with Gasteiger partial charge in [-0.25, -0.2) is 0 Å². The summed E-state index contributed by atoms with van der Waals surface area (Å²) in [6.45, 7) is 1.60. The zero-order valence-electron chi connectivity index (χ0n) is 7.83. The van der Waals surface area contributed by atoms with Gasteiger partial charge in [-0.15, -0.1) is 12.3 Å². The Morgan fingerprint density at radius 2 is 2.46 bits per heavy atom. The SMILES string of the molecule is C#CCCCN1CCCC(N)C1=O. The molecule has 1 aliphatic rings. The minimum Gasteiger partial charge on any atom is -0.341 e. The van der Waals surface area contributed by atoms with E-state index in [1.54, 1.807) is 0 Å². The molecule has 3 heteroatoms. The topological polar surface area (TPSA) is 46.3 Å². The fraction of sp³-hybridized carbons (Fsp3) is 0.700. The molecule has 0 aromatic heterocycles. The third-order valence-electron chi connectivity index (χ3n) is 2.32. The summed E-state index contributed by atoms with van der Waals surface area (Å²) < 4.78 is 0. The predicted molar refractivity (Wildman–Crippen MR) is 51.9 cm³/mol. The Balaban J connectivity index is 2.32. The van der Waals surface area contributed by atoms with E-state index < -0.39 is 0 Å². The number of carbonyl (C=O) groups is 1. The highest BCUT2D eigenvalue weighted by atomic mass is 16.2. The first-order chi connectivity index (χ1) is 6.25. The lowest BCUT2D eigenvalue weighted by molar-refractivity contribution is -0.134. The third-order valence-corrected chi connectivity index (χ3v) is 2.32. The van der Waals surface area contributed by atoms with Gasteiger partial charge < -0.3 is 10.6 Å². The minimum absolute atomic E-state index is 0.0864. The van der Waals surface area contributed by atoms with Crippen molar-refractivity contribution in [1.82, 2.24) is 4.90 Å². The van der Waals surface area contributed by atoms with Gasteiger partial charge in [0.1, 0.15) is 0 Å². The maximum atomic E-state index is 11.5. The van der Waals surface area contributed by atoms with Gasteiger partial charge in [-0.2, -0.15) is 0 Å². The fourth-order valence-corrected chi connectivity index (χ4v) is 1.56. The Kier molecular flexibility index (Phi) is 3.78. The van der Waals surface area contributed by atoms with E-state index in [0.717, 1.165) is 38.8 Å². The summed E-state index contributed by atoms with van der Waals surface area (Å²) in [7, 11) is 0. The maximum absolute atomic E-state index is 11.5. The number of amides is 1. The molecule has 0 aromatic carbocycles. The Morgan fingerprint density at radius 1 is 1.69 bits per heavy atom. The lowest BCUT2D eigenvalue weighted by atomic mass is 10.1. The molecule has 1 aliphatic heterocycles. The number of likely N-dealkylation sites (tertiary alicyclic amines) is 1. The molecule has 0 saturated carbocycles. The first kappa shape index (κ1) is 10.1. The highest BCUT2D eigenvalue weighted by Gasteiger charge is 2.24. The highest BCUT2D eigenvalue weighted by Crippen LogP contribution is 2.10. The molecule has 0 bridgehead atoms. The van der Waals surface area contributed by atoms with Crippen LogP contribution in [0.25, 0.3) is 0 Å². The Bertz CT molecular complexity index is 219. The van der Waals surface area contributed by atoms with Crippen molar-refractivity contribution < 1.29 is 4.79 Å². The van der Waals surface area contributed by atoms with Gasteiger partial charge >= 0.3 is 0 Å². The number of terminal acetylenes is 1. The molecule has 72 valence electrons. The van der Waals surface area contributed by atoms with Gasteiger partial charge in [0.2, 0.25) is 5.91 Å². The Morgan fingerprint density at radius 3 is 3.15 bits per heavy atom. The molecule has 0 spiro atoms. The molecule has 2 N–H and O–H groups in total. The van der Waals surface area contributed by atoms with E-state index >= 15 is 0 Å². The van der Waals surface area contributed by atoms with Gasteiger partial charge in [-0.05, 0) is 19.3 Å². The second-order valence-corrected chi connectivity index (χ2v) is 3.38. The Hall–Kier alpha value is -1.01. The second-order valence-electron chi connectivity index (χ2n) is 3.38. The number of hydrogen-bond acceptors (Lipinski definition) is 2. The summed E-state index contributed by atoms with van der Waals surface area (Å²) in [6, 6.07) is -0.278. The van der Waals surface area contributed by atoms with Crippen molar-refractivity contribution in [2.24, 2.45) is 5.73 Å². The quantitative estimate of drug-likeness (QED) is 0.503. The van der Waals surface area contributed by atoms with Crippen molar-refractivity contribution in [2.45, 2.75) is 31.7 Å². The molecule has 1 unspecified atom stereocenters. The van der Waals surface area contributed by atoms with Crippen LogP contribution in [0.4, 0.5) is 0 Å². The smallest absolute Gasteiger partial charge is 0.239 e. The van der Waals surface area contributed by atoms with E-state index in [2.05, 4.69) is 5.92 Å². The summed E-state index contributed by atoms with van der Waals surface area (Å²) in [5.74, 6) is 2.65. The number of hydrogen-bond donors (Lipinski definition) is 1. The van der Waals surface area contributed by atoms with Gasteiger partial charge in [0.05, 0.1) is 6.04 Å². The molecule has 0 aliphatic carbocycles. The van der Waals surface area contributed by atoms with Crippen molar-refractivity contribution in [3.63, 3.8) is 0 Å². The molecule has 1 fully saturated rings. The van der Waals surface area contributed by atoms with Gasteiger partial charge in [-0.1, -0.05) is 0 Å². The van der Waals surface area contributed by atoms with Crippen molar-refractivity contribution >= 4 is 5.91 Å². The normalized spacial score (nSPS) is 22.9. The number of unbranched alkanes of at least 4 members (excludes halogenated alkanes) is 1. The van der Waals surface area contributed by atoms with E-state index in [-0.39, 0.29) is 11.9 Å². The van der Waals surface area contributed by atoms with Crippen molar-refractivity contribution in [1.29, 1.82) is 0 Å². The van der Waals surface area contributed by atoms with E-state index in [1.165, 1.54) is 0 Å². The van der Waals surface area contributed by atoms with Crippen LogP contribution in [0.2, 0.25) is 0 Å². The van der Waals surface area contributed by atoms with Crippen molar-refractivity contribution in [3.8, 4) is 12.3 Å². The number of carbonyl (C=O) groups excluding carboxylic acids is 1. The lowest BCUT2D eigenvalue weighted by Gasteiger charge is -2.30. The van der Waals surface area contributed by atoms with E-state index in [0.29, 0.717) is 0 Å². The predicted octanol–water partition coefficient (Wildman–Crippen LogP) is 0.350. The molecule has 1 saturated heterocycles. The van der Waals surface area contributed by atoms with Gasteiger partial charge in [-0.3, -0.25) is 4.79 Å². The standard InChI is InChI=1S/C10H16N2O/c1-2-3-4-7-12-8-5-6-9(11)10(12)13/h1,9H,3-8,11H2. The molecule has 1 heterocycles. The minimum atomic E-state index is -0.278. The average Bonchev–Trinajstić information content (AvgIpc) is 2.13. The van der Waals surface area contributed by atoms with Crippen LogP contribution in [0.15, 0.2) is 0 Å². The maximum Gasteiger partial charge on any atom is 0.239 e. The van der Waals surface area contributed by atoms with Crippen LogP contribution in [0.3, 0.4) is 0 Å². The Labute approximate surface area is 79.3 Å². The van der Waals surface area contributed by atoms with Crippen LogP contribution in [-0.2, 0) is 4.79 Å². The number of nitrogens with zero attached hydrogens (tertiary/aromatic N) is 1. The second kappa shape index (κ2) is 4.88. The average molecular weight is 180 g/mol. The molecule has 1 amide bonds. The molecular formula is C10H16N2O. The van der Waals surface area contributed by atoms with Gasteiger partial charge in [0, 0.05) is 19.5 Å². The summed E-state index contributed by atoms with van der Waals surface area (Å²) in [5, 5.41) is 0. The zero-order chi connectivity index (χ0) is 9.68. The molecular weight excluding hydrogens is 164 g/mol. The van der Waals surface area contributed by atoms with Crippen LogP contribution in [0.5, 0.6) is 0 Å². The van der Waals surface area contributed by atoms with Crippen LogP contribution in [0, 0.1) is 12.3 Å². The molecule has 1 atom stereocenters. The van der Waals surface area contributed by atoms with Crippen molar-refractivity contribution in [3.05, 3.63) is 0 Å². The van der Waals surface area contributed by atoms with E-state index in [9.17, 15) is 4.79 Å².